The molecule has 0 bridgehead atoms. The van der Waals surface area contributed by atoms with Gasteiger partial charge in [0.15, 0.2) is 0 Å². The lowest BCUT2D eigenvalue weighted by atomic mass is 10.0. The van der Waals surface area contributed by atoms with Crippen LogP contribution in [0.15, 0.2) is 47.0 Å². The van der Waals surface area contributed by atoms with E-state index >= 15 is 0 Å². The van der Waals surface area contributed by atoms with Crippen molar-refractivity contribution in [1.29, 1.82) is 0 Å². The van der Waals surface area contributed by atoms with E-state index in [0.717, 1.165) is 29.2 Å². The van der Waals surface area contributed by atoms with E-state index in [-0.39, 0.29) is 5.91 Å². The summed E-state index contributed by atoms with van der Waals surface area (Å²) >= 11 is 0. The van der Waals surface area contributed by atoms with Gasteiger partial charge in [0.25, 0.3) is 0 Å². The number of fused-ring (bicyclic) bond motifs is 1. The van der Waals surface area contributed by atoms with Gasteiger partial charge in [-0.15, -0.1) is 0 Å². The third kappa shape index (κ3) is 3.55. The predicted octanol–water partition coefficient (Wildman–Crippen LogP) is 3.88. The first-order valence-corrected chi connectivity index (χ1v) is 8.90. The molecule has 1 amide bonds. The quantitative estimate of drug-likeness (QED) is 0.768. The highest BCUT2D eigenvalue weighted by atomic mass is 16.5. The molecule has 0 aliphatic heterocycles. The maximum absolute atomic E-state index is 12.0. The highest BCUT2D eigenvalue weighted by molar-refractivity contribution is 5.94. The third-order valence-corrected chi connectivity index (χ3v) is 4.78. The lowest BCUT2D eigenvalue weighted by Crippen LogP contribution is -2.32. The molecule has 2 aromatic carbocycles. The van der Waals surface area contributed by atoms with Crippen LogP contribution in [0.2, 0.25) is 0 Å². The molecule has 0 spiro atoms. The lowest BCUT2D eigenvalue weighted by Gasteiger charge is -2.10. The van der Waals surface area contributed by atoms with Crippen molar-refractivity contribution in [2.75, 3.05) is 0 Å². The largest absolute Gasteiger partial charge is 0.353 e. The van der Waals surface area contributed by atoms with Crippen molar-refractivity contribution in [3.63, 3.8) is 0 Å². The van der Waals surface area contributed by atoms with E-state index < -0.39 is 0 Å². The molecule has 1 aliphatic rings. The zero-order valence-electron chi connectivity index (χ0n) is 14.1. The Morgan fingerprint density at radius 2 is 1.92 bits per heavy atom. The van der Waals surface area contributed by atoms with E-state index in [1.54, 1.807) is 0 Å². The van der Waals surface area contributed by atoms with Gasteiger partial charge < -0.3 is 9.84 Å². The number of nitrogens with zero attached hydrogens (tertiary/aromatic N) is 2. The molecular weight excluding hydrogens is 314 g/mol. The average Bonchev–Trinajstić information content (AvgIpc) is 3.31. The SMILES string of the molecule is O=C(CCc1nc(-c2cccc3ccccc23)no1)NC1CCCC1. The molecule has 128 valence electrons. The van der Waals surface area contributed by atoms with Crippen LogP contribution >= 0.6 is 0 Å². The number of benzene rings is 2. The third-order valence-electron chi connectivity index (χ3n) is 4.78. The van der Waals surface area contributed by atoms with E-state index in [9.17, 15) is 4.79 Å². The summed E-state index contributed by atoms with van der Waals surface area (Å²) in [7, 11) is 0. The fourth-order valence-electron chi connectivity index (χ4n) is 3.48. The van der Waals surface area contributed by atoms with Crippen LogP contribution in [0.4, 0.5) is 0 Å². The first-order chi connectivity index (χ1) is 12.3. The Bertz CT molecular complexity index is 876. The van der Waals surface area contributed by atoms with Gasteiger partial charge in [0.2, 0.25) is 17.6 Å². The average molecular weight is 335 g/mol. The summed E-state index contributed by atoms with van der Waals surface area (Å²) in [6, 6.07) is 14.5. The fraction of sp³-hybridized carbons (Fsp3) is 0.350. The number of carbonyl (C=O) groups is 1. The van der Waals surface area contributed by atoms with Crippen molar-refractivity contribution >= 4 is 16.7 Å². The molecule has 4 rings (SSSR count). The molecule has 1 heterocycles. The Morgan fingerprint density at radius 1 is 1.12 bits per heavy atom. The van der Waals surface area contributed by atoms with Gasteiger partial charge in [0, 0.05) is 24.4 Å². The Hall–Kier alpha value is -2.69. The van der Waals surface area contributed by atoms with Gasteiger partial charge >= 0.3 is 0 Å². The number of aromatic nitrogens is 2. The second-order valence-corrected chi connectivity index (χ2v) is 6.59. The van der Waals surface area contributed by atoms with Gasteiger partial charge in [-0.25, -0.2) is 0 Å². The van der Waals surface area contributed by atoms with E-state index in [0.29, 0.717) is 30.6 Å². The zero-order chi connectivity index (χ0) is 17.1. The minimum atomic E-state index is 0.0665. The fourth-order valence-corrected chi connectivity index (χ4v) is 3.48. The molecule has 5 heteroatoms. The van der Waals surface area contributed by atoms with Crippen molar-refractivity contribution < 1.29 is 9.32 Å². The second-order valence-electron chi connectivity index (χ2n) is 6.59. The van der Waals surface area contributed by atoms with Gasteiger partial charge in [-0.2, -0.15) is 4.98 Å². The molecule has 3 aromatic rings. The second kappa shape index (κ2) is 7.05. The van der Waals surface area contributed by atoms with Gasteiger partial charge in [0.05, 0.1) is 0 Å². The first-order valence-electron chi connectivity index (χ1n) is 8.90. The Balaban J connectivity index is 1.44. The van der Waals surface area contributed by atoms with Crippen LogP contribution in [0.1, 0.15) is 38.0 Å². The summed E-state index contributed by atoms with van der Waals surface area (Å²) in [6.07, 6.45) is 5.46. The molecule has 5 nitrogen and oxygen atoms in total. The molecule has 0 saturated heterocycles. The minimum Gasteiger partial charge on any atom is -0.353 e. The summed E-state index contributed by atoms with van der Waals surface area (Å²) in [5.41, 5.74) is 0.948. The van der Waals surface area contributed by atoms with Crippen molar-refractivity contribution in [3.8, 4) is 11.4 Å². The Labute approximate surface area is 146 Å². The molecule has 0 radical (unpaired) electrons. The molecule has 1 N–H and O–H groups in total. The maximum Gasteiger partial charge on any atom is 0.227 e. The number of aryl methyl sites for hydroxylation is 1. The van der Waals surface area contributed by atoms with Crippen LogP contribution in [0, 0.1) is 0 Å². The van der Waals surface area contributed by atoms with E-state index in [2.05, 4.69) is 33.7 Å². The smallest absolute Gasteiger partial charge is 0.227 e. The number of hydrogen-bond acceptors (Lipinski definition) is 4. The van der Waals surface area contributed by atoms with Crippen molar-refractivity contribution in [2.45, 2.75) is 44.6 Å². The number of carbonyl (C=O) groups excluding carboxylic acids is 1. The lowest BCUT2D eigenvalue weighted by molar-refractivity contribution is -0.121. The molecule has 1 aliphatic carbocycles. The van der Waals surface area contributed by atoms with E-state index in [4.69, 9.17) is 4.52 Å². The van der Waals surface area contributed by atoms with Crippen molar-refractivity contribution in [1.82, 2.24) is 15.5 Å². The Morgan fingerprint density at radius 3 is 2.80 bits per heavy atom. The molecular formula is C20H21N3O2. The molecule has 25 heavy (non-hydrogen) atoms. The molecule has 1 saturated carbocycles. The van der Waals surface area contributed by atoms with Gasteiger partial charge in [-0.05, 0) is 23.6 Å². The predicted molar refractivity (Wildman–Crippen MR) is 96.0 cm³/mol. The normalized spacial score (nSPS) is 14.9. The van der Waals surface area contributed by atoms with E-state index in [1.165, 1.54) is 12.8 Å². The number of hydrogen-bond donors (Lipinski definition) is 1. The summed E-state index contributed by atoms with van der Waals surface area (Å²) in [5.74, 6) is 1.14. The minimum absolute atomic E-state index is 0.0665. The van der Waals surface area contributed by atoms with Crippen molar-refractivity contribution in [2.24, 2.45) is 0 Å². The Kier molecular flexibility index (Phi) is 4.46. The zero-order valence-corrected chi connectivity index (χ0v) is 14.1. The highest BCUT2D eigenvalue weighted by Gasteiger charge is 2.18. The highest BCUT2D eigenvalue weighted by Crippen LogP contribution is 2.26. The number of nitrogens with one attached hydrogen (secondary N) is 1. The monoisotopic (exact) mass is 335 g/mol. The van der Waals surface area contributed by atoms with Gasteiger partial charge in [-0.1, -0.05) is 60.5 Å². The van der Waals surface area contributed by atoms with Crippen LogP contribution in [-0.2, 0) is 11.2 Å². The molecule has 0 atom stereocenters. The van der Waals surface area contributed by atoms with Crippen LogP contribution in [0.3, 0.4) is 0 Å². The van der Waals surface area contributed by atoms with Crippen LogP contribution < -0.4 is 5.32 Å². The summed E-state index contributed by atoms with van der Waals surface area (Å²) in [5, 5.41) is 9.42. The molecule has 0 unspecified atom stereocenters. The van der Waals surface area contributed by atoms with E-state index in [1.807, 2.05) is 24.3 Å². The van der Waals surface area contributed by atoms with Crippen molar-refractivity contribution in [3.05, 3.63) is 48.4 Å². The summed E-state index contributed by atoms with van der Waals surface area (Å²) < 4.78 is 5.35. The molecule has 1 fully saturated rings. The van der Waals surface area contributed by atoms with Gasteiger partial charge in [0.1, 0.15) is 0 Å². The van der Waals surface area contributed by atoms with Crippen LogP contribution in [0.25, 0.3) is 22.2 Å². The molecule has 1 aromatic heterocycles. The summed E-state index contributed by atoms with van der Waals surface area (Å²) in [4.78, 5) is 16.5. The topological polar surface area (TPSA) is 68.0 Å². The van der Waals surface area contributed by atoms with Crippen LogP contribution in [0.5, 0.6) is 0 Å². The van der Waals surface area contributed by atoms with Gasteiger partial charge in [-0.3, -0.25) is 4.79 Å². The van der Waals surface area contributed by atoms with Crippen LogP contribution in [-0.4, -0.2) is 22.1 Å². The summed E-state index contributed by atoms with van der Waals surface area (Å²) in [6.45, 7) is 0. The maximum atomic E-state index is 12.0. The standard InChI is InChI=1S/C20H21N3O2/c24-18(21-15-8-2-3-9-15)12-13-19-22-20(23-25-19)17-11-5-7-14-6-1-4-10-16(14)17/h1,4-7,10-11,15H,2-3,8-9,12-13H2,(H,21,24). The number of amides is 1. The first kappa shape index (κ1) is 15.8. The number of rotatable bonds is 5.